The fourth-order valence-corrected chi connectivity index (χ4v) is 5.11. The molecule has 3 aliphatic carbocycles. The molecule has 0 saturated heterocycles. The van der Waals surface area contributed by atoms with E-state index in [1.165, 1.54) is 44.9 Å². The van der Waals surface area contributed by atoms with Gasteiger partial charge in [0.05, 0.1) is 6.10 Å². The molecule has 1 atom stereocenters. The summed E-state index contributed by atoms with van der Waals surface area (Å²) in [5.74, 6) is 3.48. The average Bonchev–Trinajstić information content (AvgIpc) is 2.48. The summed E-state index contributed by atoms with van der Waals surface area (Å²) in [5, 5.41) is 9.68. The van der Waals surface area contributed by atoms with Gasteiger partial charge in [-0.2, -0.15) is 0 Å². The van der Waals surface area contributed by atoms with Gasteiger partial charge in [-0.25, -0.2) is 0 Å². The molecule has 2 saturated carbocycles. The van der Waals surface area contributed by atoms with Gasteiger partial charge in [-0.3, -0.25) is 0 Å². The van der Waals surface area contributed by atoms with Gasteiger partial charge in [0.25, 0.3) is 0 Å². The third-order valence-electron chi connectivity index (χ3n) is 6.41. The Hall–Kier alpha value is -0.560. The van der Waals surface area contributed by atoms with E-state index in [-0.39, 0.29) is 6.10 Å². The largest absolute Gasteiger partial charge is 0.393 e. The van der Waals surface area contributed by atoms with Gasteiger partial charge in [0.15, 0.2) is 0 Å². The Morgan fingerprint density at radius 3 is 2.00 bits per heavy atom. The molecule has 21 heavy (non-hydrogen) atoms. The van der Waals surface area contributed by atoms with E-state index < -0.39 is 0 Å². The van der Waals surface area contributed by atoms with Crippen molar-refractivity contribution in [3.8, 4) is 0 Å². The van der Waals surface area contributed by atoms with Gasteiger partial charge in [-0.1, -0.05) is 30.2 Å². The maximum absolute atomic E-state index is 9.68. The summed E-state index contributed by atoms with van der Waals surface area (Å²) in [6.45, 7) is 4.68. The molecular weight excluding hydrogens is 256 g/mol. The highest BCUT2D eigenvalue weighted by Gasteiger charge is 2.32. The summed E-state index contributed by atoms with van der Waals surface area (Å²) in [6.07, 6.45) is 16.4. The molecule has 0 aliphatic heterocycles. The molecule has 1 nitrogen and oxygen atoms in total. The summed E-state index contributed by atoms with van der Waals surface area (Å²) in [4.78, 5) is 0. The molecule has 1 heteroatoms. The second-order valence-corrected chi connectivity index (χ2v) is 7.97. The maximum Gasteiger partial charge on any atom is 0.0540 e. The molecule has 0 aromatic carbocycles. The standard InChI is InChI=1S/C20H32O/c1-14-3-12-20(15(2)13-14)18-6-4-16(5-7-18)17-8-10-19(21)11-9-17/h3,12,15-19,21H,4-11,13H2,1-2H3. The molecule has 1 N–H and O–H groups in total. The van der Waals surface area contributed by atoms with Gasteiger partial charge in [0, 0.05) is 0 Å². The first-order valence-electron chi connectivity index (χ1n) is 9.18. The molecule has 0 aromatic rings. The van der Waals surface area contributed by atoms with Crippen LogP contribution in [0.5, 0.6) is 0 Å². The lowest BCUT2D eigenvalue weighted by Gasteiger charge is -2.39. The molecule has 2 fully saturated rings. The molecule has 3 rings (SSSR count). The zero-order valence-electron chi connectivity index (χ0n) is 13.9. The van der Waals surface area contributed by atoms with E-state index in [4.69, 9.17) is 0 Å². The Kier molecular flexibility index (Phi) is 4.88. The van der Waals surface area contributed by atoms with E-state index in [9.17, 15) is 5.11 Å². The van der Waals surface area contributed by atoms with E-state index in [1.807, 2.05) is 0 Å². The Bertz CT molecular complexity index is 404. The third kappa shape index (κ3) is 3.62. The lowest BCUT2D eigenvalue weighted by molar-refractivity contribution is 0.0784. The van der Waals surface area contributed by atoms with Crippen molar-refractivity contribution < 1.29 is 5.11 Å². The molecular formula is C20H32O. The number of hydrogen-bond donors (Lipinski definition) is 1. The third-order valence-corrected chi connectivity index (χ3v) is 6.41. The summed E-state index contributed by atoms with van der Waals surface area (Å²) < 4.78 is 0. The second kappa shape index (κ2) is 6.69. The van der Waals surface area contributed by atoms with Crippen LogP contribution in [0.1, 0.15) is 71.6 Å². The van der Waals surface area contributed by atoms with Crippen LogP contribution >= 0.6 is 0 Å². The lowest BCUT2D eigenvalue weighted by Crippen LogP contribution is -2.28. The monoisotopic (exact) mass is 288 g/mol. The highest BCUT2D eigenvalue weighted by Crippen LogP contribution is 2.44. The molecule has 0 heterocycles. The van der Waals surface area contributed by atoms with E-state index in [0.29, 0.717) is 0 Å². The van der Waals surface area contributed by atoms with Gasteiger partial charge >= 0.3 is 0 Å². The predicted octanol–water partition coefficient (Wildman–Crippen LogP) is 5.26. The second-order valence-electron chi connectivity index (χ2n) is 7.97. The van der Waals surface area contributed by atoms with E-state index in [2.05, 4.69) is 26.0 Å². The van der Waals surface area contributed by atoms with Crippen molar-refractivity contribution in [2.75, 3.05) is 0 Å². The number of rotatable bonds is 2. The summed E-state index contributed by atoms with van der Waals surface area (Å²) in [7, 11) is 0. The quantitative estimate of drug-likeness (QED) is 0.735. The van der Waals surface area contributed by atoms with Crippen LogP contribution in [-0.2, 0) is 0 Å². The molecule has 0 bridgehead atoms. The molecule has 118 valence electrons. The van der Waals surface area contributed by atoms with Gasteiger partial charge in [-0.05, 0) is 88.4 Å². The minimum absolute atomic E-state index is 0.000796. The minimum Gasteiger partial charge on any atom is -0.393 e. The molecule has 0 spiro atoms. The number of hydrogen-bond acceptors (Lipinski definition) is 1. The van der Waals surface area contributed by atoms with Crippen molar-refractivity contribution in [2.24, 2.45) is 23.7 Å². The molecule has 0 amide bonds. The van der Waals surface area contributed by atoms with Crippen molar-refractivity contribution >= 4 is 0 Å². The SMILES string of the molecule is CC1=CC=C(C2CCC(C3CCC(O)CC3)CC2)C(C)C1. The Balaban J connectivity index is 1.53. The number of aliphatic hydroxyl groups excluding tert-OH is 1. The van der Waals surface area contributed by atoms with Crippen molar-refractivity contribution in [1.82, 2.24) is 0 Å². The smallest absolute Gasteiger partial charge is 0.0540 e. The van der Waals surface area contributed by atoms with Crippen LogP contribution in [0.2, 0.25) is 0 Å². The Morgan fingerprint density at radius 2 is 1.43 bits per heavy atom. The maximum atomic E-state index is 9.68. The minimum atomic E-state index is 0.000796. The fraction of sp³-hybridized carbons (Fsp3) is 0.800. The highest BCUT2D eigenvalue weighted by molar-refractivity contribution is 5.27. The fourth-order valence-electron chi connectivity index (χ4n) is 5.11. The van der Waals surface area contributed by atoms with Crippen molar-refractivity contribution in [3.63, 3.8) is 0 Å². The first kappa shape index (κ1) is 15.3. The van der Waals surface area contributed by atoms with Crippen LogP contribution in [-0.4, -0.2) is 11.2 Å². The summed E-state index contributed by atoms with van der Waals surface area (Å²) in [5.41, 5.74) is 3.28. The summed E-state index contributed by atoms with van der Waals surface area (Å²) in [6, 6.07) is 0. The number of allylic oxidation sites excluding steroid dienone is 4. The van der Waals surface area contributed by atoms with Gasteiger partial charge < -0.3 is 5.11 Å². The summed E-state index contributed by atoms with van der Waals surface area (Å²) >= 11 is 0. The van der Waals surface area contributed by atoms with Crippen LogP contribution in [0.3, 0.4) is 0 Å². The van der Waals surface area contributed by atoms with Crippen LogP contribution in [0.15, 0.2) is 23.3 Å². The van der Waals surface area contributed by atoms with Gasteiger partial charge in [0.2, 0.25) is 0 Å². The highest BCUT2D eigenvalue weighted by atomic mass is 16.3. The molecule has 3 aliphatic rings. The van der Waals surface area contributed by atoms with Crippen molar-refractivity contribution in [2.45, 2.75) is 77.7 Å². The number of aliphatic hydroxyl groups is 1. The van der Waals surface area contributed by atoms with E-state index >= 15 is 0 Å². The lowest BCUT2D eigenvalue weighted by atomic mass is 9.67. The van der Waals surface area contributed by atoms with Crippen LogP contribution < -0.4 is 0 Å². The molecule has 0 radical (unpaired) electrons. The van der Waals surface area contributed by atoms with Crippen molar-refractivity contribution in [1.29, 1.82) is 0 Å². The predicted molar refractivity (Wildman–Crippen MR) is 89.0 cm³/mol. The van der Waals surface area contributed by atoms with Crippen LogP contribution in [0.4, 0.5) is 0 Å². The zero-order chi connectivity index (χ0) is 14.8. The van der Waals surface area contributed by atoms with E-state index in [0.717, 1.165) is 36.5 Å². The normalized spacial score (nSPS) is 41.4. The van der Waals surface area contributed by atoms with Crippen LogP contribution in [0, 0.1) is 23.7 Å². The van der Waals surface area contributed by atoms with E-state index in [1.54, 1.807) is 11.1 Å². The first-order chi connectivity index (χ1) is 10.1. The average molecular weight is 288 g/mol. The molecule has 0 aromatic heterocycles. The zero-order valence-corrected chi connectivity index (χ0v) is 13.9. The molecule has 1 unspecified atom stereocenters. The van der Waals surface area contributed by atoms with Gasteiger partial charge in [-0.15, -0.1) is 0 Å². The topological polar surface area (TPSA) is 20.2 Å². The van der Waals surface area contributed by atoms with Gasteiger partial charge in [0.1, 0.15) is 0 Å². The Labute approximate surface area is 130 Å². The van der Waals surface area contributed by atoms with Crippen LogP contribution in [0.25, 0.3) is 0 Å². The van der Waals surface area contributed by atoms with Crippen molar-refractivity contribution in [3.05, 3.63) is 23.3 Å². The first-order valence-corrected chi connectivity index (χ1v) is 9.18. The Morgan fingerprint density at radius 1 is 0.857 bits per heavy atom.